The van der Waals surface area contributed by atoms with E-state index >= 15 is 0 Å². The summed E-state index contributed by atoms with van der Waals surface area (Å²) in [5, 5.41) is 13.7. The van der Waals surface area contributed by atoms with Gasteiger partial charge in [-0.3, -0.25) is 4.99 Å². The zero-order chi connectivity index (χ0) is 16.7. The van der Waals surface area contributed by atoms with Gasteiger partial charge >= 0.3 is 6.09 Å². The Morgan fingerprint density at radius 2 is 2.00 bits per heavy atom. The largest absolute Gasteiger partial charge is 0.450 e. The van der Waals surface area contributed by atoms with Crippen LogP contribution in [0.2, 0.25) is 0 Å². The summed E-state index contributed by atoms with van der Waals surface area (Å²) >= 11 is 1.78. The summed E-state index contributed by atoms with van der Waals surface area (Å²) in [5.74, 6) is 2.58. The molecule has 0 aromatic heterocycles. The summed E-state index contributed by atoms with van der Waals surface area (Å²) < 4.78 is 5.04. The Balaban J connectivity index is 1.90. The van der Waals surface area contributed by atoms with Crippen LogP contribution in [-0.4, -0.2) is 89.9 Å². The lowest BCUT2D eigenvalue weighted by Gasteiger charge is -2.36. The minimum absolute atomic E-state index is 0.244. The van der Waals surface area contributed by atoms with Crippen molar-refractivity contribution in [3.05, 3.63) is 0 Å². The number of piperazine rings is 1. The molecule has 23 heavy (non-hydrogen) atoms. The molecule has 2 N–H and O–H groups in total. The van der Waals surface area contributed by atoms with Crippen molar-refractivity contribution in [1.82, 2.24) is 15.1 Å². The molecule has 1 amide bonds. The number of ether oxygens (including phenoxy) is 1. The van der Waals surface area contributed by atoms with E-state index < -0.39 is 5.60 Å². The van der Waals surface area contributed by atoms with Gasteiger partial charge in [-0.25, -0.2) is 4.79 Å². The van der Waals surface area contributed by atoms with Crippen LogP contribution in [0.1, 0.15) is 20.3 Å². The van der Waals surface area contributed by atoms with E-state index in [9.17, 15) is 9.90 Å². The molecule has 0 radical (unpaired) electrons. The van der Waals surface area contributed by atoms with E-state index in [1.54, 1.807) is 16.7 Å². The maximum absolute atomic E-state index is 11.7. The lowest BCUT2D eigenvalue weighted by Crippen LogP contribution is -2.54. The average molecular weight is 344 g/mol. The lowest BCUT2D eigenvalue weighted by molar-refractivity contribution is 0.0770. The number of guanidine groups is 1. The number of rotatable bonds is 4. The number of nitrogens with one attached hydrogen (secondary N) is 1. The third kappa shape index (κ3) is 5.17. The summed E-state index contributed by atoms with van der Waals surface area (Å²) in [6.45, 7) is 8.16. The zero-order valence-corrected chi connectivity index (χ0v) is 14.9. The molecular weight excluding hydrogens is 316 g/mol. The van der Waals surface area contributed by atoms with Gasteiger partial charge in [0.05, 0.1) is 18.8 Å². The van der Waals surface area contributed by atoms with E-state index in [1.807, 2.05) is 13.8 Å². The molecule has 0 aliphatic carbocycles. The van der Waals surface area contributed by atoms with E-state index in [1.165, 1.54) is 0 Å². The molecule has 0 aromatic carbocycles. The molecule has 2 aliphatic heterocycles. The topological polar surface area (TPSA) is 77.4 Å². The van der Waals surface area contributed by atoms with Gasteiger partial charge in [0.1, 0.15) is 0 Å². The average Bonchev–Trinajstić information content (AvgIpc) is 2.99. The van der Waals surface area contributed by atoms with Gasteiger partial charge in [0.15, 0.2) is 5.96 Å². The van der Waals surface area contributed by atoms with Crippen molar-refractivity contribution in [2.75, 3.05) is 57.4 Å². The molecule has 2 saturated heterocycles. The van der Waals surface area contributed by atoms with E-state index in [4.69, 9.17) is 4.74 Å². The fourth-order valence-corrected chi connectivity index (χ4v) is 3.97. The molecule has 132 valence electrons. The smallest absolute Gasteiger partial charge is 0.409 e. The monoisotopic (exact) mass is 344 g/mol. The van der Waals surface area contributed by atoms with Gasteiger partial charge in [-0.15, -0.1) is 0 Å². The number of hydrogen-bond donors (Lipinski definition) is 2. The maximum atomic E-state index is 11.7. The molecule has 0 aromatic rings. The van der Waals surface area contributed by atoms with Crippen molar-refractivity contribution in [3.63, 3.8) is 0 Å². The van der Waals surface area contributed by atoms with Crippen LogP contribution < -0.4 is 5.32 Å². The third-order valence-electron chi connectivity index (χ3n) is 4.05. The molecule has 2 fully saturated rings. The van der Waals surface area contributed by atoms with Gasteiger partial charge < -0.3 is 25.0 Å². The highest BCUT2D eigenvalue weighted by molar-refractivity contribution is 7.99. The minimum Gasteiger partial charge on any atom is -0.450 e. The van der Waals surface area contributed by atoms with Gasteiger partial charge in [-0.05, 0) is 26.0 Å². The van der Waals surface area contributed by atoms with Crippen molar-refractivity contribution in [2.45, 2.75) is 25.9 Å². The molecule has 1 atom stereocenters. The molecule has 7 nitrogen and oxygen atoms in total. The number of hydrogen-bond acceptors (Lipinski definition) is 5. The first kappa shape index (κ1) is 18.2. The Morgan fingerprint density at radius 3 is 2.57 bits per heavy atom. The second kappa shape index (κ2) is 8.63. The molecular formula is C15H28N4O3S. The number of carbonyl (C=O) groups is 1. The highest BCUT2D eigenvalue weighted by atomic mass is 32.2. The predicted molar refractivity (Wildman–Crippen MR) is 93.0 cm³/mol. The normalized spacial score (nSPS) is 25.6. The SMILES string of the molecule is CCNC(=NCC1(O)CCSC1)N1CCN(C(=O)OCC)CC1. The summed E-state index contributed by atoms with van der Waals surface area (Å²) in [4.78, 5) is 20.2. The predicted octanol–water partition coefficient (Wildman–Crippen LogP) is 0.594. The summed E-state index contributed by atoms with van der Waals surface area (Å²) in [7, 11) is 0. The number of aliphatic imine (C=N–C) groups is 1. The number of thioether (sulfide) groups is 1. The molecule has 2 heterocycles. The van der Waals surface area contributed by atoms with Crippen LogP contribution in [0, 0.1) is 0 Å². The molecule has 0 bridgehead atoms. The van der Waals surface area contributed by atoms with Crippen molar-refractivity contribution >= 4 is 23.8 Å². The van der Waals surface area contributed by atoms with E-state index in [0.717, 1.165) is 43.5 Å². The first-order valence-corrected chi connectivity index (χ1v) is 9.48. The third-order valence-corrected chi connectivity index (χ3v) is 5.28. The maximum Gasteiger partial charge on any atom is 0.409 e. The highest BCUT2D eigenvalue weighted by Gasteiger charge is 2.32. The second-order valence-electron chi connectivity index (χ2n) is 5.87. The fraction of sp³-hybridized carbons (Fsp3) is 0.867. The van der Waals surface area contributed by atoms with Crippen LogP contribution in [0.15, 0.2) is 4.99 Å². The van der Waals surface area contributed by atoms with Crippen molar-refractivity contribution < 1.29 is 14.6 Å². The Kier molecular flexibility index (Phi) is 6.83. The van der Waals surface area contributed by atoms with Gasteiger partial charge in [-0.2, -0.15) is 11.8 Å². The second-order valence-corrected chi connectivity index (χ2v) is 6.98. The van der Waals surface area contributed by atoms with Crippen molar-refractivity contribution in [2.24, 2.45) is 4.99 Å². The molecule has 0 saturated carbocycles. The zero-order valence-electron chi connectivity index (χ0n) is 14.1. The Morgan fingerprint density at radius 1 is 1.30 bits per heavy atom. The number of nitrogens with zero attached hydrogens (tertiary/aromatic N) is 3. The van der Waals surface area contributed by atoms with Gasteiger partial charge in [0.25, 0.3) is 0 Å². The van der Waals surface area contributed by atoms with Crippen LogP contribution in [0.3, 0.4) is 0 Å². The van der Waals surface area contributed by atoms with E-state index in [-0.39, 0.29) is 6.09 Å². The van der Waals surface area contributed by atoms with Crippen molar-refractivity contribution in [1.29, 1.82) is 0 Å². The first-order valence-electron chi connectivity index (χ1n) is 8.33. The molecule has 1 unspecified atom stereocenters. The van der Waals surface area contributed by atoms with Gasteiger partial charge in [0, 0.05) is 38.5 Å². The molecule has 0 spiro atoms. The van der Waals surface area contributed by atoms with Crippen LogP contribution in [0.25, 0.3) is 0 Å². The van der Waals surface area contributed by atoms with E-state index in [0.29, 0.717) is 26.2 Å². The highest BCUT2D eigenvalue weighted by Crippen LogP contribution is 2.27. The fourth-order valence-electron chi connectivity index (χ4n) is 2.68. The first-order chi connectivity index (χ1) is 11.1. The van der Waals surface area contributed by atoms with Gasteiger partial charge in [0.2, 0.25) is 0 Å². The van der Waals surface area contributed by atoms with Crippen LogP contribution in [-0.2, 0) is 4.74 Å². The summed E-state index contributed by atoms with van der Waals surface area (Å²) in [6, 6.07) is 0. The quantitative estimate of drug-likeness (QED) is 0.574. The van der Waals surface area contributed by atoms with Crippen molar-refractivity contribution in [3.8, 4) is 0 Å². The lowest BCUT2D eigenvalue weighted by atomic mass is 10.0. The van der Waals surface area contributed by atoms with Gasteiger partial charge in [-0.1, -0.05) is 0 Å². The molecule has 8 heteroatoms. The number of amides is 1. The summed E-state index contributed by atoms with van der Waals surface area (Å²) in [6.07, 6.45) is 0.559. The molecule has 2 rings (SSSR count). The molecule has 2 aliphatic rings. The van der Waals surface area contributed by atoms with Crippen LogP contribution >= 0.6 is 11.8 Å². The minimum atomic E-state index is -0.669. The Bertz CT molecular complexity index is 419. The number of aliphatic hydroxyl groups is 1. The Hall–Kier alpha value is -1.15. The Labute approximate surface area is 142 Å². The van der Waals surface area contributed by atoms with Crippen LogP contribution in [0.4, 0.5) is 4.79 Å². The standard InChI is InChI=1S/C15H28N4O3S/c1-3-16-13(17-11-15(21)5-10-23-12-15)18-6-8-19(9-7-18)14(20)22-4-2/h21H,3-12H2,1-2H3,(H,16,17). The van der Waals surface area contributed by atoms with E-state index in [2.05, 4.69) is 15.2 Å². The summed E-state index contributed by atoms with van der Waals surface area (Å²) in [5.41, 5.74) is -0.669. The van der Waals surface area contributed by atoms with Crippen LogP contribution in [0.5, 0.6) is 0 Å². The number of carbonyl (C=O) groups excluding carboxylic acids is 1.